The van der Waals surface area contributed by atoms with Crippen LogP contribution in [0.1, 0.15) is 41.3 Å². The Bertz CT molecular complexity index is 813. The minimum atomic E-state index is -3.49. The molecular formula is C18H24N2O2S. The van der Waals surface area contributed by atoms with Crippen LogP contribution >= 0.6 is 0 Å². The van der Waals surface area contributed by atoms with Gasteiger partial charge in [-0.3, -0.25) is 0 Å². The summed E-state index contributed by atoms with van der Waals surface area (Å²) in [6, 6.07) is 7.83. The van der Waals surface area contributed by atoms with Crippen LogP contribution in [0.5, 0.6) is 0 Å². The summed E-state index contributed by atoms with van der Waals surface area (Å²) in [5.74, 6) is 0. The van der Waals surface area contributed by atoms with Crippen molar-refractivity contribution in [3.8, 4) is 0 Å². The number of nitrogens with zero attached hydrogens (tertiary/aromatic N) is 2. The Balaban J connectivity index is 2.08. The van der Waals surface area contributed by atoms with Crippen molar-refractivity contribution >= 4 is 10.0 Å². The van der Waals surface area contributed by atoms with E-state index < -0.39 is 10.0 Å². The lowest BCUT2D eigenvalue weighted by atomic mass is 10.1. The molecule has 0 radical (unpaired) electrons. The summed E-state index contributed by atoms with van der Waals surface area (Å²) in [5.41, 5.74) is 3.83. The van der Waals surface area contributed by atoms with E-state index in [1.807, 2.05) is 62.8 Å². The molecule has 1 aliphatic rings. The third-order valence-electron chi connectivity index (χ3n) is 4.70. The lowest BCUT2D eigenvalue weighted by Crippen LogP contribution is -2.32. The van der Waals surface area contributed by atoms with E-state index in [4.69, 9.17) is 0 Å². The summed E-state index contributed by atoms with van der Waals surface area (Å²) in [7, 11) is -1.52. The average molecular weight is 332 g/mol. The van der Waals surface area contributed by atoms with Gasteiger partial charge in [0.25, 0.3) is 0 Å². The second-order valence-corrected chi connectivity index (χ2v) is 8.37. The molecule has 5 heteroatoms. The number of hydrogen-bond acceptors (Lipinski definition) is 2. The molecule has 1 atom stereocenters. The highest BCUT2D eigenvalue weighted by atomic mass is 32.2. The van der Waals surface area contributed by atoms with Crippen molar-refractivity contribution in [2.24, 2.45) is 7.05 Å². The molecular weight excluding hydrogens is 308 g/mol. The first kappa shape index (κ1) is 16.3. The van der Waals surface area contributed by atoms with E-state index in [0.29, 0.717) is 11.4 Å². The molecule has 1 fully saturated rings. The van der Waals surface area contributed by atoms with E-state index >= 15 is 0 Å². The summed E-state index contributed by atoms with van der Waals surface area (Å²) < 4.78 is 30.4. The molecule has 0 amide bonds. The fraction of sp³-hybridized carbons (Fsp3) is 0.444. The monoisotopic (exact) mass is 332 g/mol. The highest BCUT2D eigenvalue weighted by molar-refractivity contribution is 7.89. The molecule has 0 saturated carbocycles. The van der Waals surface area contributed by atoms with E-state index in [1.54, 1.807) is 4.31 Å². The van der Waals surface area contributed by atoms with Crippen LogP contribution in [0.2, 0.25) is 0 Å². The summed E-state index contributed by atoms with van der Waals surface area (Å²) in [4.78, 5) is 0.476. The molecule has 4 nitrogen and oxygen atoms in total. The summed E-state index contributed by atoms with van der Waals surface area (Å²) >= 11 is 0. The van der Waals surface area contributed by atoms with Crippen LogP contribution in [0.25, 0.3) is 0 Å². The van der Waals surface area contributed by atoms with Gasteiger partial charge in [0.1, 0.15) is 0 Å². The third-order valence-corrected chi connectivity index (χ3v) is 6.91. The summed E-state index contributed by atoms with van der Waals surface area (Å²) in [6.45, 7) is 6.37. The van der Waals surface area contributed by atoms with Crippen LogP contribution in [0.15, 0.2) is 35.4 Å². The van der Waals surface area contributed by atoms with Crippen molar-refractivity contribution in [1.82, 2.24) is 8.87 Å². The molecule has 0 unspecified atom stereocenters. The number of hydrogen-bond donors (Lipinski definition) is 0. The van der Waals surface area contributed by atoms with Crippen LogP contribution in [0, 0.1) is 20.8 Å². The Labute approximate surface area is 138 Å². The Kier molecular flexibility index (Phi) is 4.10. The third kappa shape index (κ3) is 2.72. The maximum atomic E-state index is 13.3. The molecule has 0 N–H and O–H groups in total. The van der Waals surface area contributed by atoms with E-state index in [1.165, 1.54) is 0 Å². The Morgan fingerprint density at radius 2 is 1.78 bits per heavy atom. The summed E-state index contributed by atoms with van der Waals surface area (Å²) in [6.07, 6.45) is 3.75. The molecule has 0 aliphatic carbocycles. The molecule has 1 saturated heterocycles. The van der Waals surface area contributed by atoms with Gasteiger partial charge >= 0.3 is 0 Å². The van der Waals surface area contributed by atoms with E-state index in [9.17, 15) is 8.42 Å². The van der Waals surface area contributed by atoms with Crippen molar-refractivity contribution in [3.05, 3.63) is 52.8 Å². The highest BCUT2D eigenvalue weighted by Gasteiger charge is 2.38. The van der Waals surface area contributed by atoms with Crippen LogP contribution in [-0.4, -0.2) is 23.8 Å². The van der Waals surface area contributed by atoms with Gasteiger partial charge in [-0.2, -0.15) is 4.31 Å². The minimum Gasteiger partial charge on any atom is -0.353 e. The maximum absolute atomic E-state index is 13.3. The second kappa shape index (κ2) is 5.80. The van der Waals surface area contributed by atoms with Crippen molar-refractivity contribution < 1.29 is 8.42 Å². The molecule has 2 heterocycles. The normalized spacial score (nSPS) is 19.4. The standard InChI is InChI=1S/C18H24N2O2S/c1-13-11-14(2)18(15(3)12-13)23(21,22)20-10-6-8-17(20)16-7-5-9-19(16)4/h5,7,9,11-12,17H,6,8,10H2,1-4H3/t17-/m0/s1. The van der Waals surface area contributed by atoms with E-state index in [-0.39, 0.29) is 6.04 Å². The van der Waals surface area contributed by atoms with Gasteiger partial charge in [-0.1, -0.05) is 17.7 Å². The zero-order valence-corrected chi connectivity index (χ0v) is 15.0. The maximum Gasteiger partial charge on any atom is 0.244 e. The van der Waals surface area contributed by atoms with E-state index in [2.05, 4.69) is 0 Å². The van der Waals surface area contributed by atoms with Gasteiger partial charge in [0, 0.05) is 25.5 Å². The quantitative estimate of drug-likeness (QED) is 0.863. The summed E-state index contributed by atoms with van der Waals surface area (Å²) in [5, 5.41) is 0. The molecule has 1 aromatic carbocycles. The Hall–Kier alpha value is -1.59. The molecule has 2 aromatic rings. The Morgan fingerprint density at radius 3 is 2.35 bits per heavy atom. The van der Waals surface area contributed by atoms with Gasteiger partial charge in [0.15, 0.2) is 0 Å². The lowest BCUT2D eigenvalue weighted by molar-refractivity contribution is 0.384. The highest BCUT2D eigenvalue weighted by Crippen LogP contribution is 2.38. The fourth-order valence-electron chi connectivity index (χ4n) is 3.83. The molecule has 1 aromatic heterocycles. The number of sulfonamides is 1. The average Bonchev–Trinajstić information content (AvgIpc) is 3.04. The van der Waals surface area contributed by atoms with Gasteiger partial charge < -0.3 is 4.57 Å². The van der Waals surface area contributed by atoms with Gasteiger partial charge in [-0.05, 0) is 56.9 Å². The first-order chi connectivity index (χ1) is 10.8. The van der Waals surface area contributed by atoms with E-state index in [0.717, 1.165) is 35.2 Å². The first-order valence-electron chi connectivity index (χ1n) is 8.03. The van der Waals surface area contributed by atoms with Crippen molar-refractivity contribution in [2.45, 2.75) is 44.6 Å². The van der Waals surface area contributed by atoms with Crippen LogP contribution < -0.4 is 0 Å². The largest absolute Gasteiger partial charge is 0.353 e. The zero-order valence-electron chi connectivity index (χ0n) is 14.2. The predicted octanol–water partition coefficient (Wildman–Crippen LogP) is 3.48. The second-order valence-electron chi connectivity index (χ2n) is 6.55. The molecule has 1 aliphatic heterocycles. The smallest absolute Gasteiger partial charge is 0.244 e. The molecule has 3 rings (SSSR count). The number of benzene rings is 1. The van der Waals surface area contributed by atoms with Gasteiger partial charge in [0.2, 0.25) is 10.0 Å². The van der Waals surface area contributed by atoms with Crippen LogP contribution in [0.3, 0.4) is 0 Å². The molecule has 23 heavy (non-hydrogen) atoms. The number of aryl methyl sites for hydroxylation is 4. The fourth-order valence-corrected chi connectivity index (χ4v) is 5.92. The SMILES string of the molecule is Cc1cc(C)c(S(=O)(=O)N2CCC[C@H]2c2cccn2C)c(C)c1. The van der Waals surface area contributed by atoms with Crippen molar-refractivity contribution in [1.29, 1.82) is 0 Å². The first-order valence-corrected chi connectivity index (χ1v) is 9.47. The van der Waals surface area contributed by atoms with Crippen molar-refractivity contribution in [2.75, 3.05) is 6.54 Å². The predicted molar refractivity (Wildman–Crippen MR) is 91.9 cm³/mol. The van der Waals surface area contributed by atoms with Crippen LogP contribution in [-0.2, 0) is 17.1 Å². The molecule has 0 spiro atoms. The van der Waals surface area contributed by atoms with Crippen molar-refractivity contribution in [3.63, 3.8) is 0 Å². The van der Waals surface area contributed by atoms with Gasteiger partial charge in [-0.25, -0.2) is 8.42 Å². The molecule has 124 valence electrons. The number of rotatable bonds is 3. The van der Waals surface area contributed by atoms with Gasteiger partial charge in [0.05, 0.1) is 10.9 Å². The minimum absolute atomic E-state index is 0.0693. The molecule has 0 bridgehead atoms. The topological polar surface area (TPSA) is 42.3 Å². The lowest BCUT2D eigenvalue weighted by Gasteiger charge is -2.26. The Morgan fingerprint density at radius 1 is 1.13 bits per heavy atom. The van der Waals surface area contributed by atoms with Gasteiger partial charge in [-0.15, -0.1) is 0 Å². The van der Waals surface area contributed by atoms with Crippen LogP contribution in [0.4, 0.5) is 0 Å². The zero-order chi connectivity index (χ0) is 16.8. The number of aromatic nitrogens is 1.